The minimum atomic E-state index is -0.112. The highest BCUT2D eigenvalue weighted by Crippen LogP contribution is 2.22. The molecule has 2 aromatic heterocycles. The quantitative estimate of drug-likeness (QED) is 0.510. The second-order valence-electron chi connectivity index (χ2n) is 4.74. The van der Waals surface area contributed by atoms with Crippen molar-refractivity contribution >= 4 is 35.0 Å². The summed E-state index contributed by atoms with van der Waals surface area (Å²) < 4.78 is 5.42. The maximum Gasteiger partial charge on any atom is 0.322 e. The first-order chi connectivity index (χ1) is 11.3. The van der Waals surface area contributed by atoms with E-state index in [-0.39, 0.29) is 11.9 Å². The van der Waals surface area contributed by atoms with Crippen LogP contribution in [0.2, 0.25) is 0 Å². The summed E-state index contributed by atoms with van der Waals surface area (Å²) in [7, 11) is 0. The molecular formula is C16H15N3O2S2. The SMILES string of the molecule is O=C(CCCSc1ccccc1)Nc1nnc(-c2ccsc2)o1. The first kappa shape index (κ1) is 15.8. The van der Waals surface area contributed by atoms with Gasteiger partial charge in [0.2, 0.25) is 5.91 Å². The van der Waals surface area contributed by atoms with Crippen molar-refractivity contribution in [1.29, 1.82) is 0 Å². The van der Waals surface area contributed by atoms with Crippen LogP contribution in [0.4, 0.5) is 6.01 Å². The van der Waals surface area contributed by atoms with Crippen LogP contribution in [-0.4, -0.2) is 21.9 Å². The van der Waals surface area contributed by atoms with Gasteiger partial charge in [0.05, 0.1) is 0 Å². The van der Waals surface area contributed by atoms with Gasteiger partial charge in [-0.15, -0.1) is 16.9 Å². The first-order valence-electron chi connectivity index (χ1n) is 7.15. The number of benzene rings is 1. The molecular weight excluding hydrogens is 330 g/mol. The van der Waals surface area contributed by atoms with Crippen molar-refractivity contribution in [3.63, 3.8) is 0 Å². The van der Waals surface area contributed by atoms with Crippen LogP contribution in [0.25, 0.3) is 11.5 Å². The second kappa shape index (κ2) is 7.94. The summed E-state index contributed by atoms with van der Waals surface area (Å²) in [6.45, 7) is 0. The van der Waals surface area contributed by atoms with E-state index in [0.29, 0.717) is 12.3 Å². The molecule has 2 heterocycles. The fourth-order valence-corrected chi connectivity index (χ4v) is 3.40. The lowest BCUT2D eigenvalue weighted by molar-refractivity contribution is -0.116. The summed E-state index contributed by atoms with van der Waals surface area (Å²) in [5.41, 5.74) is 0.863. The lowest BCUT2D eigenvalue weighted by atomic mass is 10.3. The van der Waals surface area contributed by atoms with E-state index >= 15 is 0 Å². The molecule has 1 aromatic carbocycles. The molecule has 0 saturated heterocycles. The summed E-state index contributed by atoms with van der Waals surface area (Å²) in [5, 5.41) is 14.2. The van der Waals surface area contributed by atoms with Gasteiger partial charge in [0.1, 0.15) is 0 Å². The standard InChI is InChI=1S/C16H15N3O2S2/c20-14(7-4-9-23-13-5-2-1-3-6-13)17-16-19-18-15(21-16)12-8-10-22-11-12/h1-3,5-6,8,10-11H,4,7,9H2,(H,17,19,20). The number of nitrogens with one attached hydrogen (secondary N) is 1. The Bertz CT molecular complexity index is 742. The van der Waals surface area contributed by atoms with Crippen molar-refractivity contribution < 1.29 is 9.21 Å². The van der Waals surface area contributed by atoms with Crippen molar-refractivity contribution in [1.82, 2.24) is 10.2 Å². The number of anilines is 1. The predicted molar refractivity (Wildman–Crippen MR) is 92.6 cm³/mol. The number of hydrogen-bond acceptors (Lipinski definition) is 6. The largest absolute Gasteiger partial charge is 0.403 e. The number of aromatic nitrogens is 2. The van der Waals surface area contributed by atoms with E-state index in [1.165, 1.54) is 4.90 Å². The van der Waals surface area contributed by atoms with Crippen LogP contribution in [0.5, 0.6) is 0 Å². The summed E-state index contributed by atoms with van der Waals surface area (Å²) >= 11 is 3.29. The third-order valence-electron chi connectivity index (χ3n) is 3.00. The molecule has 0 aliphatic heterocycles. The fraction of sp³-hybridized carbons (Fsp3) is 0.188. The molecule has 0 saturated carbocycles. The molecule has 1 N–H and O–H groups in total. The Hall–Kier alpha value is -2.12. The van der Waals surface area contributed by atoms with Crippen molar-refractivity contribution in [3.8, 4) is 11.5 Å². The van der Waals surface area contributed by atoms with Gasteiger partial charge in [-0.2, -0.15) is 11.3 Å². The van der Waals surface area contributed by atoms with Crippen LogP contribution in [0, 0.1) is 0 Å². The zero-order valence-electron chi connectivity index (χ0n) is 12.3. The number of thioether (sulfide) groups is 1. The normalized spacial score (nSPS) is 10.6. The number of carbonyl (C=O) groups is 1. The molecule has 0 atom stereocenters. The number of hydrogen-bond donors (Lipinski definition) is 1. The highest BCUT2D eigenvalue weighted by atomic mass is 32.2. The van der Waals surface area contributed by atoms with Gasteiger partial charge in [-0.25, -0.2) is 0 Å². The van der Waals surface area contributed by atoms with Crippen LogP contribution in [0.1, 0.15) is 12.8 Å². The summed E-state index contributed by atoms with van der Waals surface area (Å²) in [4.78, 5) is 13.1. The molecule has 118 valence electrons. The average molecular weight is 345 g/mol. The van der Waals surface area contributed by atoms with Crippen LogP contribution in [0.15, 0.2) is 56.5 Å². The molecule has 0 fully saturated rings. The number of carbonyl (C=O) groups excluding carboxylic acids is 1. The maximum atomic E-state index is 11.9. The second-order valence-corrected chi connectivity index (χ2v) is 6.69. The predicted octanol–water partition coefficient (Wildman–Crippen LogP) is 4.31. The maximum absolute atomic E-state index is 11.9. The van der Waals surface area contributed by atoms with Gasteiger partial charge in [0.15, 0.2) is 0 Å². The Morgan fingerprint density at radius 2 is 2.09 bits per heavy atom. The molecule has 23 heavy (non-hydrogen) atoms. The number of rotatable bonds is 7. The van der Waals surface area contributed by atoms with E-state index in [9.17, 15) is 4.79 Å². The zero-order chi connectivity index (χ0) is 15.9. The highest BCUT2D eigenvalue weighted by Gasteiger charge is 2.11. The molecule has 0 aliphatic rings. The smallest absolute Gasteiger partial charge is 0.322 e. The lowest BCUT2D eigenvalue weighted by Gasteiger charge is -2.01. The summed E-state index contributed by atoms with van der Waals surface area (Å²) in [5.74, 6) is 1.20. The summed E-state index contributed by atoms with van der Waals surface area (Å²) in [6, 6.07) is 12.2. The lowest BCUT2D eigenvalue weighted by Crippen LogP contribution is -2.11. The van der Waals surface area contributed by atoms with Crippen LogP contribution >= 0.6 is 23.1 Å². The van der Waals surface area contributed by atoms with Gasteiger partial charge < -0.3 is 4.42 Å². The van der Waals surface area contributed by atoms with Crippen molar-refractivity contribution in [3.05, 3.63) is 47.2 Å². The van der Waals surface area contributed by atoms with Crippen LogP contribution in [-0.2, 0) is 4.79 Å². The molecule has 0 aliphatic carbocycles. The van der Waals surface area contributed by atoms with E-state index in [2.05, 4.69) is 27.6 Å². The summed E-state index contributed by atoms with van der Waals surface area (Å²) in [6.07, 6.45) is 1.22. The number of nitrogens with zero attached hydrogens (tertiary/aromatic N) is 2. The Labute approximate surface area is 142 Å². The minimum Gasteiger partial charge on any atom is -0.403 e. The third-order valence-corrected chi connectivity index (χ3v) is 4.78. The molecule has 0 spiro atoms. The number of thiophene rings is 1. The monoisotopic (exact) mass is 345 g/mol. The Morgan fingerprint density at radius 3 is 2.87 bits per heavy atom. The minimum absolute atomic E-state index is 0.112. The van der Waals surface area contributed by atoms with E-state index in [1.54, 1.807) is 23.1 Å². The Balaban J connectivity index is 1.41. The van der Waals surface area contributed by atoms with Gasteiger partial charge in [0.25, 0.3) is 5.89 Å². The molecule has 3 aromatic rings. The molecule has 7 heteroatoms. The van der Waals surface area contributed by atoms with E-state index in [0.717, 1.165) is 17.7 Å². The van der Waals surface area contributed by atoms with Gasteiger partial charge in [-0.1, -0.05) is 23.3 Å². The molecule has 0 radical (unpaired) electrons. The van der Waals surface area contributed by atoms with Gasteiger partial charge in [0, 0.05) is 22.3 Å². The molecule has 0 unspecified atom stereocenters. The van der Waals surface area contributed by atoms with E-state index in [4.69, 9.17) is 4.42 Å². The molecule has 5 nitrogen and oxygen atoms in total. The Morgan fingerprint density at radius 1 is 1.22 bits per heavy atom. The van der Waals surface area contributed by atoms with Crippen molar-refractivity contribution in [2.45, 2.75) is 17.7 Å². The van der Waals surface area contributed by atoms with Crippen molar-refractivity contribution in [2.75, 3.05) is 11.1 Å². The van der Waals surface area contributed by atoms with Gasteiger partial charge >= 0.3 is 6.01 Å². The van der Waals surface area contributed by atoms with Crippen LogP contribution < -0.4 is 5.32 Å². The topological polar surface area (TPSA) is 68.0 Å². The highest BCUT2D eigenvalue weighted by molar-refractivity contribution is 7.99. The van der Waals surface area contributed by atoms with Gasteiger partial charge in [-0.3, -0.25) is 10.1 Å². The van der Waals surface area contributed by atoms with E-state index < -0.39 is 0 Å². The molecule has 0 bridgehead atoms. The van der Waals surface area contributed by atoms with Crippen molar-refractivity contribution in [2.24, 2.45) is 0 Å². The first-order valence-corrected chi connectivity index (χ1v) is 9.08. The zero-order valence-corrected chi connectivity index (χ0v) is 13.9. The third kappa shape index (κ3) is 4.67. The number of amides is 1. The van der Waals surface area contributed by atoms with E-state index in [1.807, 2.05) is 35.0 Å². The van der Waals surface area contributed by atoms with Crippen LogP contribution in [0.3, 0.4) is 0 Å². The molecule has 1 amide bonds. The fourth-order valence-electron chi connectivity index (χ4n) is 1.90. The average Bonchev–Trinajstić information content (AvgIpc) is 3.24. The Kier molecular flexibility index (Phi) is 5.44. The van der Waals surface area contributed by atoms with Gasteiger partial charge in [-0.05, 0) is 35.8 Å². The molecule has 3 rings (SSSR count).